The van der Waals surface area contributed by atoms with E-state index in [0.717, 1.165) is 16.8 Å². The van der Waals surface area contributed by atoms with Crippen LogP contribution in [0.3, 0.4) is 0 Å². The first kappa shape index (κ1) is 22.4. The van der Waals surface area contributed by atoms with Crippen molar-refractivity contribution in [1.82, 2.24) is 10.6 Å². The number of aliphatic imine (C=N–C) groups is 1. The zero-order valence-corrected chi connectivity index (χ0v) is 18.6. The number of amides is 1. The number of halogens is 3. The van der Waals surface area contributed by atoms with Gasteiger partial charge in [-0.1, -0.05) is 35.9 Å². The number of hydrogen-bond acceptors (Lipinski definition) is 2. The Kier molecular flexibility index (Phi) is 8.50. The van der Waals surface area contributed by atoms with Crippen LogP contribution < -0.4 is 16.0 Å². The maximum absolute atomic E-state index is 13.1. The van der Waals surface area contributed by atoms with E-state index in [4.69, 9.17) is 11.6 Å². The number of fused-ring (bicyclic) bond motifs is 1. The Labute approximate surface area is 186 Å². The molecule has 0 spiro atoms. The highest BCUT2D eigenvalue weighted by Crippen LogP contribution is 2.31. The van der Waals surface area contributed by atoms with Gasteiger partial charge in [0.2, 0.25) is 5.91 Å². The first-order valence-corrected chi connectivity index (χ1v) is 9.22. The van der Waals surface area contributed by atoms with Gasteiger partial charge < -0.3 is 16.0 Å². The third kappa shape index (κ3) is 5.81. The number of anilines is 1. The molecule has 1 heterocycles. The van der Waals surface area contributed by atoms with Crippen LogP contribution in [-0.2, 0) is 11.2 Å². The number of rotatable bonds is 5. The molecule has 0 saturated carbocycles. The average molecular weight is 517 g/mol. The van der Waals surface area contributed by atoms with E-state index in [-0.39, 0.29) is 41.6 Å². The van der Waals surface area contributed by atoms with Crippen LogP contribution in [0.5, 0.6) is 0 Å². The summed E-state index contributed by atoms with van der Waals surface area (Å²) in [6.07, 6.45) is 1.08. The Morgan fingerprint density at radius 3 is 2.82 bits per heavy atom. The van der Waals surface area contributed by atoms with Gasteiger partial charge in [-0.25, -0.2) is 4.39 Å². The Balaban J connectivity index is 0.00000280. The predicted molar refractivity (Wildman–Crippen MR) is 122 cm³/mol. The van der Waals surface area contributed by atoms with Crippen molar-refractivity contribution < 1.29 is 9.18 Å². The average Bonchev–Trinajstić information content (AvgIpc) is 2.65. The molecule has 0 aromatic heterocycles. The minimum absolute atomic E-state index is 0. The van der Waals surface area contributed by atoms with Crippen LogP contribution in [0.2, 0.25) is 5.02 Å². The molecule has 0 bridgehead atoms. The molecule has 0 saturated heterocycles. The highest BCUT2D eigenvalue weighted by Gasteiger charge is 2.24. The van der Waals surface area contributed by atoms with E-state index >= 15 is 0 Å². The second kappa shape index (κ2) is 10.6. The van der Waals surface area contributed by atoms with E-state index in [1.165, 1.54) is 12.1 Å². The van der Waals surface area contributed by atoms with E-state index < -0.39 is 0 Å². The van der Waals surface area contributed by atoms with Crippen LogP contribution in [0.1, 0.15) is 23.5 Å². The molecule has 0 radical (unpaired) electrons. The summed E-state index contributed by atoms with van der Waals surface area (Å²) in [5.74, 6) is 0.414. The third-order valence-corrected chi connectivity index (χ3v) is 4.90. The molecule has 2 aromatic carbocycles. The van der Waals surface area contributed by atoms with Crippen molar-refractivity contribution in [3.8, 4) is 0 Å². The normalized spacial score (nSPS) is 15.9. The molecule has 5 nitrogen and oxygen atoms in total. The van der Waals surface area contributed by atoms with E-state index in [2.05, 4.69) is 20.9 Å². The van der Waals surface area contributed by atoms with Crippen molar-refractivity contribution >= 4 is 53.1 Å². The zero-order chi connectivity index (χ0) is 19.2. The fourth-order valence-electron chi connectivity index (χ4n) is 3.16. The molecule has 1 atom stereocenters. The van der Waals surface area contributed by atoms with Crippen molar-refractivity contribution in [3.05, 3.63) is 64.4 Å². The quantitative estimate of drug-likeness (QED) is 0.321. The number of nitrogens with one attached hydrogen (secondary N) is 3. The van der Waals surface area contributed by atoms with Gasteiger partial charge in [0, 0.05) is 43.2 Å². The first-order chi connectivity index (χ1) is 13.1. The monoisotopic (exact) mass is 516 g/mol. The number of benzene rings is 2. The van der Waals surface area contributed by atoms with Gasteiger partial charge in [-0.2, -0.15) is 0 Å². The second-order valence-corrected chi connectivity index (χ2v) is 6.81. The SMILES string of the molecule is CN=C(NCCc1ccc(F)cc1Cl)NCC1CC(=O)Nc2ccccc21.I. The summed E-state index contributed by atoms with van der Waals surface area (Å²) in [6, 6.07) is 12.2. The Hall–Kier alpha value is -1.87. The number of carbonyl (C=O) groups excluding carboxylic acids is 1. The molecule has 150 valence electrons. The fourth-order valence-corrected chi connectivity index (χ4v) is 3.43. The van der Waals surface area contributed by atoms with E-state index in [0.29, 0.717) is 36.9 Å². The topological polar surface area (TPSA) is 65.5 Å². The van der Waals surface area contributed by atoms with Gasteiger partial charge in [-0.05, 0) is 35.7 Å². The molecule has 28 heavy (non-hydrogen) atoms. The van der Waals surface area contributed by atoms with Crippen LogP contribution >= 0.6 is 35.6 Å². The zero-order valence-electron chi connectivity index (χ0n) is 15.5. The Bertz CT molecular complexity index is 862. The van der Waals surface area contributed by atoms with Crippen molar-refractivity contribution in [3.63, 3.8) is 0 Å². The molecule has 0 aliphatic carbocycles. The summed E-state index contributed by atoms with van der Waals surface area (Å²) in [4.78, 5) is 16.1. The summed E-state index contributed by atoms with van der Waals surface area (Å²) in [7, 11) is 1.70. The van der Waals surface area contributed by atoms with Gasteiger partial charge in [0.05, 0.1) is 0 Å². The molecule has 1 unspecified atom stereocenters. The highest BCUT2D eigenvalue weighted by atomic mass is 127. The van der Waals surface area contributed by atoms with E-state index in [1.54, 1.807) is 13.1 Å². The minimum Gasteiger partial charge on any atom is -0.356 e. The molecule has 1 amide bonds. The third-order valence-electron chi connectivity index (χ3n) is 4.55. The summed E-state index contributed by atoms with van der Waals surface area (Å²) >= 11 is 6.05. The summed E-state index contributed by atoms with van der Waals surface area (Å²) in [5.41, 5.74) is 2.87. The number of guanidine groups is 1. The standard InChI is InChI=1S/C20H22ClFN4O.HI/c1-23-20(24-9-8-13-6-7-15(22)11-17(13)21)25-12-14-10-19(27)26-18-5-3-2-4-16(14)18;/h2-7,11,14H,8-10,12H2,1H3,(H,26,27)(H2,23,24,25);1H. The summed E-state index contributed by atoms with van der Waals surface area (Å²) < 4.78 is 13.1. The van der Waals surface area contributed by atoms with Crippen LogP contribution in [0, 0.1) is 5.82 Å². The van der Waals surface area contributed by atoms with E-state index in [9.17, 15) is 9.18 Å². The van der Waals surface area contributed by atoms with Crippen molar-refractivity contribution in [2.75, 3.05) is 25.5 Å². The van der Waals surface area contributed by atoms with Crippen molar-refractivity contribution in [2.24, 2.45) is 4.99 Å². The lowest BCUT2D eigenvalue weighted by atomic mass is 9.90. The van der Waals surface area contributed by atoms with Gasteiger partial charge in [-0.3, -0.25) is 9.79 Å². The van der Waals surface area contributed by atoms with E-state index in [1.807, 2.05) is 24.3 Å². The van der Waals surface area contributed by atoms with Gasteiger partial charge in [-0.15, -0.1) is 24.0 Å². The number of nitrogens with zero attached hydrogens (tertiary/aromatic N) is 1. The lowest BCUT2D eigenvalue weighted by molar-refractivity contribution is -0.116. The van der Waals surface area contributed by atoms with Gasteiger partial charge in [0.15, 0.2) is 5.96 Å². The van der Waals surface area contributed by atoms with Crippen LogP contribution in [0.25, 0.3) is 0 Å². The van der Waals surface area contributed by atoms with Crippen LogP contribution in [0.15, 0.2) is 47.5 Å². The van der Waals surface area contributed by atoms with Gasteiger partial charge in [0.1, 0.15) is 5.82 Å². The maximum Gasteiger partial charge on any atom is 0.225 e. The lowest BCUT2D eigenvalue weighted by Crippen LogP contribution is -2.41. The summed E-state index contributed by atoms with van der Waals surface area (Å²) in [5, 5.41) is 9.82. The molecule has 2 aromatic rings. The lowest BCUT2D eigenvalue weighted by Gasteiger charge is -2.26. The molecule has 1 aliphatic heterocycles. The Morgan fingerprint density at radius 2 is 2.07 bits per heavy atom. The molecular formula is C20H23ClFIN4O. The number of hydrogen-bond donors (Lipinski definition) is 3. The molecular weight excluding hydrogens is 494 g/mol. The smallest absolute Gasteiger partial charge is 0.225 e. The molecule has 3 N–H and O–H groups in total. The van der Waals surface area contributed by atoms with Crippen molar-refractivity contribution in [2.45, 2.75) is 18.8 Å². The Morgan fingerprint density at radius 1 is 1.29 bits per heavy atom. The predicted octanol–water partition coefficient (Wildman–Crippen LogP) is 3.93. The van der Waals surface area contributed by atoms with Gasteiger partial charge >= 0.3 is 0 Å². The first-order valence-electron chi connectivity index (χ1n) is 8.84. The second-order valence-electron chi connectivity index (χ2n) is 6.40. The molecule has 3 rings (SSSR count). The molecule has 0 fully saturated rings. The van der Waals surface area contributed by atoms with Crippen LogP contribution in [-0.4, -0.2) is 32.0 Å². The van der Waals surface area contributed by atoms with Gasteiger partial charge in [0.25, 0.3) is 0 Å². The van der Waals surface area contributed by atoms with Crippen molar-refractivity contribution in [1.29, 1.82) is 0 Å². The fraction of sp³-hybridized carbons (Fsp3) is 0.300. The number of para-hydroxylation sites is 1. The summed E-state index contributed by atoms with van der Waals surface area (Å²) in [6.45, 7) is 1.20. The molecule has 1 aliphatic rings. The highest BCUT2D eigenvalue weighted by molar-refractivity contribution is 14.0. The number of carbonyl (C=O) groups is 1. The molecule has 8 heteroatoms. The maximum atomic E-state index is 13.1. The largest absolute Gasteiger partial charge is 0.356 e. The van der Waals surface area contributed by atoms with Crippen LogP contribution in [0.4, 0.5) is 10.1 Å². The minimum atomic E-state index is -0.342.